The fraction of sp³-hybridized carbons (Fsp3) is 0.364. The minimum atomic E-state index is -0.222. The Morgan fingerprint density at radius 2 is 2.29 bits per heavy atom. The van der Waals surface area contributed by atoms with Crippen molar-refractivity contribution in [1.82, 2.24) is 20.2 Å². The fourth-order valence-corrected chi connectivity index (χ4v) is 1.53. The van der Waals surface area contributed by atoms with Crippen molar-refractivity contribution >= 4 is 0 Å². The predicted molar refractivity (Wildman–Crippen MR) is 62.9 cm³/mol. The van der Waals surface area contributed by atoms with Crippen molar-refractivity contribution in [2.45, 2.75) is 19.9 Å². The van der Waals surface area contributed by atoms with E-state index in [0.717, 1.165) is 11.4 Å². The van der Waals surface area contributed by atoms with Crippen LogP contribution in [0.15, 0.2) is 24.3 Å². The second-order valence-corrected chi connectivity index (χ2v) is 3.67. The van der Waals surface area contributed by atoms with Crippen molar-refractivity contribution in [3.8, 4) is 11.4 Å². The maximum atomic E-state index is 5.80. The second-order valence-electron chi connectivity index (χ2n) is 3.67. The molecule has 1 heterocycles. The first-order chi connectivity index (χ1) is 8.22. The van der Waals surface area contributed by atoms with Crippen LogP contribution in [0.3, 0.4) is 0 Å². The Morgan fingerprint density at radius 3 is 3.00 bits per heavy atom. The van der Waals surface area contributed by atoms with E-state index in [-0.39, 0.29) is 6.04 Å². The molecule has 2 rings (SSSR count). The van der Waals surface area contributed by atoms with Gasteiger partial charge in [-0.15, -0.1) is 5.10 Å². The van der Waals surface area contributed by atoms with Gasteiger partial charge in [-0.2, -0.15) is 4.68 Å². The Bertz CT molecular complexity index is 494. The molecule has 1 unspecified atom stereocenters. The van der Waals surface area contributed by atoms with E-state index < -0.39 is 0 Å². The number of nitrogens with two attached hydrogens (primary N) is 1. The number of tetrazole rings is 1. The highest BCUT2D eigenvalue weighted by Crippen LogP contribution is 2.18. The summed E-state index contributed by atoms with van der Waals surface area (Å²) in [5.41, 5.74) is 6.64. The van der Waals surface area contributed by atoms with Gasteiger partial charge < -0.3 is 10.5 Å². The molecule has 2 N–H and O–H groups in total. The van der Waals surface area contributed by atoms with Gasteiger partial charge >= 0.3 is 0 Å². The first-order valence-corrected chi connectivity index (χ1v) is 5.49. The number of ether oxygens (including phenoxy) is 1. The highest BCUT2D eigenvalue weighted by atomic mass is 16.5. The second kappa shape index (κ2) is 4.92. The molecule has 1 aromatic heterocycles. The summed E-state index contributed by atoms with van der Waals surface area (Å²) in [7, 11) is 0. The summed E-state index contributed by atoms with van der Waals surface area (Å²) < 4.78 is 7.05. The summed E-state index contributed by atoms with van der Waals surface area (Å²) in [6.45, 7) is 4.41. The molecule has 0 radical (unpaired) electrons. The topological polar surface area (TPSA) is 78.8 Å². The van der Waals surface area contributed by atoms with E-state index in [1.165, 1.54) is 0 Å². The van der Waals surface area contributed by atoms with Crippen molar-refractivity contribution < 1.29 is 4.74 Å². The van der Waals surface area contributed by atoms with Gasteiger partial charge in [0.1, 0.15) is 5.75 Å². The van der Waals surface area contributed by atoms with E-state index in [0.29, 0.717) is 12.4 Å². The fourth-order valence-electron chi connectivity index (χ4n) is 1.53. The van der Waals surface area contributed by atoms with Crippen LogP contribution in [0.2, 0.25) is 0 Å². The van der Waals surface area contributed by atoms with Crippen molar-refractivity contribution in [1.29, 1.82) is 0 Å². The van der Waals surface area contributed by atoms with Crippen LogP contribution in [0.5, 0.6) is 5.75 Å². The van der Waals surface area contributed by atoms with Crippen LogP contribution in [-0.2, 0) is 0 Å². The minimum absolute atomic E-state index is 0.222. The van der Waals surface area contributed by atoms with Crippen LogP contribution in [0.4, 0.5) is 0 Å². The predicted octanol–water partition coefficient (Wildman–Crippen LogP) is 1.08. The van der Waals surface area contributed by atoms with Crippen LogP contribution in [0.25, 0.3) is 5.69 Å². The zero-order chi connectivity index (χ0) is 12.3. The largest absolute Gasteiger partial charge is 0.494 e. The van der Waals surface area contributed by atoms with E-state index >= 15 is 0 Å². The first-order valence-electron chi connectivity index (χ1n) is 5.49. The van der Waals surface area contributed by atoms with Crippen LogP contribution in [-0.4, -0.2) is 26.8 Å². The van der Waals surface area contributed by atoms with E-state index in [2.05, 4.69) is 15.5 Å². The lowest BCUT2D eigenvalue weighted by atomic mass is 10.3. The molecule has 0 saturated heterocycles. The van der Waals surface area contributed by atoms with Gasteiger partial charge in [0, 0.05) is 6.07 Å². The van der Waals surface area contributed by atoms with Gasteiger partial charge in [-0.05, 0) is 36.4 Å². The number of rotatable bonds is 4. The quantitative estimate of drug-likeness (QED) is 0.854. The Labute approximate surface area is 99.4 Å². The van der Waals surface area contributed by atoms with Crippen molar-refractivity contribution in [3.05, 3.63) is 30.1 Å². The zero-order valence-corrected chi connectivity index (χ0v) is 9.87. The van der Waals surface area contributed by atoms with E-state index in [9.17, 15) is 0 Å². The van der Waals surface area contributed by atoms with Crippen LogP contribution in [0, 0.1) is 0 Å². The van der Waals surface area contributed by atoms with E-state index in [4.69, 9.17) is 10.5 Å². The Morgan fingerprint density at radius 1 is 1.47 bits per heavy atom. The lowest BCUT2D eigenvalue weighted by Crippen LogP contribution is -2.13. The molecule has 1 aromatic carbocycles. The third-order valence-corrected chi connectivity index (χ3v) is 2.27. The molecule has 0 bridgehead atoms. The smallest absolute Gasteiger partial charge is 0.173 e. The molecular weight excluding hydrogens is 218 g/mol. The lowest BCUT2D eigenvalue weighted by molar-refractivity contribution is 0.340. The summed E-state index contributed by atoms with van der Waals surface area (Å²) in [5.74, 6) is 1.41. The van der Waals surface area contributed by atoms with Crippen molar-refractivity contribution in [2.24, 2.45) is 5.73 Å². The average Bonchev–Trinajstić information content (AvgIpc) is 2.79. The number of aromatic nitrogens is 4. The Kier molecular flexibility index (Phi) is 3.34. The van der Waals surface area contributed by atoms with Crippen LogP contribution >= 0.6 is 0 Å². The normalized spacial score (nSPS) is 12.4. The molecule has 6 heteroatoms. The molecule has 1 atom stereocenters. The Balaban J connectivity index is 2.38. The molecule has 0 aliphatic heterocycles. The summed E-state index contributed by atoms with van der Waals surface area (Å²) in [6.07, 6.45) is 0. The Hall–Kier alpha value is -1.95. The van der Waals surface area contributed by atoms with Gasteiger partial charge in [-0.3, -0.25) is 0 Å². The molecule has 6 nitrogen and oxygen atoms in total. The lowest BCUT2D eigenvalue weighted by Gasteiger charge is -2.08. The molecule has 0 saturated carbocycles. The highest BCUT2D eigenvalue weighted by Gasteiger charge is 2.12. The van der Waals surface area contributed by atoms with Gasteiger partial charge in [-0.25, -0.2) is 0 Å². The molecule has 0 fully saturated rings. The maximum absolute atomic E-state index is 5.80. The molecule has 90 valence electrons. The number of nitrogens with zero attached hydrogens (tertiary/aromatic N) is 4. The van der Waals surface area contributed by atoms with Gasteiger partial charge in [0.2, 0.25) is 0 Å². The zero-order valence-electron chi connectivity index (χ0n) is 9.87. The summed E-state index contributed by atoms with van der Waals surface area (Å²) in [5, 5.41) is 11.5. The first kappa shape index (κ1) is 11.5. The molecule has 0 spiro atoms. The maximum Gasteiger partial charge on any atom is 0.173 e. The minimum Gasteiger partial charge on any atom is -0.494 e. The van der Waals surface area contributed by atoms with Gasteiger partial charge in [0.05, 0.1) is 18.3 Å². The van der Waals surface area contributed by atoms with E-state index in [1.807, 2.05) is 38.1 Å². The molecule has 2 aromatic rings. The highest BCUT2D eigenvalue weighted by molar-refractivity contribution is 5.39. The summed E-state index contributed by atoms with van der Waals surface area (Å²) in [6, 6.07) is 7.35. The van der Waals surface area contributed by atoms with E-state index in [1.54, 1.807) is 4.68 Å². The molecule has 0 amide bonds. The number of hydrogen-bond acceptors (Lipinski definition) is 5. The van der Waals surface area contributed by atoms with Crippen molar-refractivity contribution in [2.75, 3.05) is 6.61 Å². The standard InChI is InChI=1S/C11H15N5O/c1-3-17-10-6-4-5-9(7-10)16-11(8(2)12)13-14-15-16/h4-8H,3,12H2,1-2H3. The summed E-state index contributed by atoms with van der Waals surface area (Å²) >= 11 is 0. The van der Waals surface area contributed by atoms with Crippen molar-refractivity contribution in [3.63, 3.8) is 0 Å². The SMILES string of the molecule is CCOc1cccc(-n2nnnc2C(C)N)c1. The van der Waals surface area contributed by atoms with Gasteiger partial charge in [0.25, 0.3) is 0 Å². The molecule has 0 aliphatic carbocycles. The molecule has 17 heavy (non-hydrogen) atoms. The summed E-state index contributed by atoms with van der Waals surface area (Å²) in [4.78, 5) is 0. The third-order valence-electron chi connectivity index (χ3n) is 2.27. The van der Waals surface area contributed by atoms with Crippen LogP contribution < -0.4 is 10.5 Å². The van der Waals surface area contributed by atoms with Crippen LogP contribution in [0.1, 0.15) is 25.7 Å². The molecular formula is C11H15N5O. The average molecular weight is 233 g/mol. The number of benzene rings is 1. The third kappa shape index (κ3) is 2.42. The van der Waals surface area contributed by atoms with Gasteiger partial charge in [0.15, 0.2) is 5.82 Å². The van der Waals surface area contributed by atoms with Gasteiger partial charge in [-0.1, -0.05) is 6.07 Å². The monoisotopic (exact) mass is 233 g/mol. The number of hydrogen-bond donors (Lipinski definition) is 1. The molecule has 0 aliphatic rings.